The van der Waals surface area contributed by atoms with Crippen molar-refractivity contribution in [2.45, 2.75) is 17.6 Å². The van der Waals surface area contributed by atoms with Gasteiger partial charge in [0.15, 0.2) is 20.8 Å². The molecular formula is C25H22N4O5S2. The van der Waals surface area contributed by atoms with Crippen molar-refractivity contribution in [2.24, 2.45) is 0 Å². The average molecular weight is 523 g/mol. The van der Waals surface area contributed by atoms with Crippen molar-refractivity contribution in [3.05, 3.63) is 94.8 Å². The number of nitrogens with one attached hydrogen (secondary N) is 2. The summed E-state index contributed by atoms with van der Waals surface area (Å²) in [6, 6.07) is 14.4. The Balaban J connectivity index is 1.49. The lowest BCUT2D eigenvalue weighted by Crippen LogP contribution is -2.21. The number of methoxy groups -OCH3 is 1. The number of anilines is 2. The lowest BCUT2D eigenvalue weighted by molar-refractivity contribution is 0.103. The maximum Gasteiger partial charge on any atom is 0.325 e. The molecule has 2 heterocycles. The van der Waals surface area contributed by atoms with Crippen LogP contribution in [-0.4, -0.2) is 37.3 Å². The van der Waals surface area contributed by atoms with Crippen molar-refractivity contribution in [1.82, 2.24) is 9.97 Å². The lowest BCUT2D eigenvalue weighted by atomic mass is 9.99. The maximum absolute atomic E-state index is 13.3. The molecule has 36 heavy (non-hydrogen) atoms. The number of carbonyl (C=O) groups is 2. The van der Waals surface area contributed by atoms with Gasteiger partial charge in [-0.1, -0.05) is 23.8 Å². The summed E-state index contributed by atoms with van der Waals surface area (Å²) in [6.45, 7) is 1.85. The van der Waals surface area contributed by atoms with Gasteiger partial charge in [0, 0.05) is 29.0 Å². The second-order valence-corrected chi connectivity index (χ2v) is 10.8. The number of hydrogen-bond acceptors (Lipinski definition) is 8. The highest BCUT2D eigenvalue weighted by atomic mass is 32.2. The molecule has 0 fully saturated rings. The second-order valence-electron chi connectivity index (χ2n) is 7.74. The highest BCUT2D eigenvalue weighted by Gasteiger charge is 2.20. The molecule has 4 rings (SSSR count). The summed E-state index contributed by atoms with van der Waals surface area (Å²) in [5.41, 5.74) is 1.83. The van der Waals surface area contributed by atoms with Crippen LogP contribution in [0.4, 0.5) is 15.6 Å². The Bertz CT molecular complexity index is 1520. The van der Waals surface area contributed by atoms with E-state index in [9.17, 15) is 18.0 Å². The predicted molar refractivity (Wildman–Crippen MR) is 137 cm³/mol. The first-order chi connectivity index (χ1) is 17.3. The number of sulfone groups is 1. The predicted octanol–water partition coefficient (Wildman–Crippen LogP) is 4.70. The molecule has 0 saturated carbocycles. The van der Waals surface area contributed by atoms with Crippen LogP contribution in [0.15, 0.2) is 78.1 Å². The van der Waals surface area contributed by atoms with Crippen LogP contribution in [0.3, 0.4) is 0 Å². The SMILES string of the molecule is COc1ccccc1C(=O)c1cc(C)ccc1NC(=O)Nc1ncc(CS(=O)(=O)c2cccnc2)s1. The van der Waals surface area contributed by atoms with Crippen LogP contribution in [-0.2, 0) is 15.6 Å². The molecule has 0 bridgehead atoms. The number of aromatic nitrogens is 2. The minimum Gasteiger partial charge on any atom is -0.496 e. The van der Waals surface area contributed by atoms with Gasteiger partial charge in [0.05, 0.1) is 29.0 Å². The van der Waals surface area contributed by atoms with E-state index in [1.165, 1.54) is 31.8 Å². The maximum atomic E-state index is 13.3. The minimum absolute atomic E-state index is 0.109. The molecule has 2 amide bonds. The van der Waals surface area contributed by atoms with Gasteiger partial charge >= 0.3 is 6.03 Å². The molecule has 2 aromatic heterocycles. The van der Waals surface area contributed by atoms with Crippen molar-refractivity contribution in [3.8, 4) is 5.75 Å². The molecule has 0 aliphatic heterocycles. The number of ether oxygens (including phenoxy) is 1. The van der Waals surface area contributed by atoms with Crippen molar-refractivity contribution >= 4 is 43.8 Å². The first-order valence-corrected chi connectivity index (χ1v) is 13.2. The summed E-state index contributed by atoms with van der Waals surface area (Å²) >= 11 is 1.04. The number of benzene rings is 2. The molecule has 2 aromatic carbocycles. The number of para-hydroxylation sites is 1. The van der Waals surface area contributed by atoms with Crippen LogP contribution >= 0.6 is 11.3 Å². The van der Waals surface area contributed by atoms with Gasteiger partial charge in [-0.15, -0.1) is 11.3 Å². The number of nitrogens with zero attached hydrogens (tertiary/aromatic N) is 2. The van der Waals surface area contributed by atoms with Crippen molar-refractivity contribution in [3.63, 3.8) is 0 Å². The van der Waals surface area contributed by atoms with E-state index in [2.05, 4.69) is 20.6 Å². The number of ketones is 1. The molecule has 184 valence electrons. The summed E-state index contributed by atoms with van der Waals surface area (Å²) < 4.78 is 30.4. The lowest BCUT2D eigenvalue weighted by Gasteiger charge is -2.13. The molecular weight excluding hydrogens is 500 g/mol. The van der Waals surface area contributed by atoms with Crippen molar-refractivity contribution in [2.75, 3.05) is 17.7 Å². The summed E-state index contributed by atoms with van der Waals surface area (Å²) in [5, 5.41) is 5.50. The zero-order valence-electron chi connectivity index (χ0n) is 19.4. The summed E-state index contributed by atoms with van der Waals surface area (Å²) in [5.74, 6) is -0.144. The van der Waals surface area contributed by atoms with Gasteiger partial charge in [-0.2, -0.15) is 0 Å². The van der Waals surface area contributed by atoms with Crippen LogP contribution in [0.25, 0.3) is 0 Å². The quantitative estimate of drug-likeness (QED) is 0.321. The number of thiazole rings is 1. The van der Waals surface area contributed by atoms with Gasteiger partial charge in [0.2, 0.25) is 0 Å². The standard InChI is InChI=1S/C25H22N4O5S2/c1-16-9-10-21(20(12-16)23(30)19-7-3-4-8-22(19)34-2)28-24(31)29-25-27-13-17(35-25)15-36(32,33)18-6-5-11-26-14-18/h3-14H,15H2,1-2H3,(H2,27,28,29,31). The van der Waals surface area contributed by atoms with E-state index in [1.807, 2.05) is 6.92 Å². The van der Waals surface area contributed by atoms with E-state index in [0.717, 1.165) is 16.9 Å². The van der Waals surface area contributed by atoms with Gasteiger partial charge < -0.3 is 10.1 Å². The van der Waals surface area contributed by atoms with E-state index in [-0.39, 0.29) is 21.6 Å². The molecule has 0 spiro atoms. The first kappa shape index (κ1) is 25.0. The summed E-state index contributed by atoms with van der Waals surface area (Å²) in [7, 11) is -2.11. The van der Waals surface area contributed by atoms with E-state index in [4.69, 9.17) is 4.74 Å². The Kier molecular flexibility index (Phi) is 7.41. The number of pyridine rings is 1. The van der Waals surface area contributed by atoms with Crippen LogP contribution in [0.1, 0.15) is 26.4 Å². The molecule has 0 saturated heterocycles. The number of hydrogen-bond donors (Lipinski definition) is 2. The highest BCUT2D eigenvalue weighted by Crippen LogP contribution is 2.27. The van der Waals surface area contributed by atoms with Gasteiger partial charge in [-0.3, -0.25) is 15.1 Å². The molecule has 0 radical (unpaired) electrons. The molecule has 0 unspecified atom stereocenters. The fraction of sp³-hybridized carbons (Fsp3) is 0.120. The number of urea groups is 1. The van der Waals surface area contributed by atoms with Crippen LogP contribution in [0.2, 0.25) is 0 Å². The fourth-order valence-electron chi connectivity index (χ4n) is 3.42. The molecule has 2 N–H and O–H groups in total. The van der Waals surface area contributed by atoms with Crippen LogP contribution in [0.5, 0.6) is 5.75 Å². The third kappa shape index (κ3) is 5.75. The molecule has 0 atom stereocenters. The normalized spacial score (nSPS) is 11.1. The third-order valence-corrected chi connectivity index (χ3v) is 7.87. The minimum atomic E-state index is -3.60. The molecule has 0 aliphatic carbocycles. The smallest absolute Gasteiger partial charge is 0.325 e. The Morgan fingerprint density at radius 3 is 2.56 bits per heavy atom. The zero-order chi connectivity index (χ0) is 25.7. The largest absolute Gasteiger partial charge is 0.496 e. The van der Waals surface area contributed by atoms with Gasteiger partial charge in [0.1, 0.15) is 5.75 Å². The molecule has 0 aliphatic rings. The Morgan fingerprint density at radius 1 is 1.00 bits per heavy atom. The monoisotopic (exact) mass is 522 g/mol. The van der Waals surface area contributed by atoms with E-state index in [0.29, 0.717) is 27.4 Å². The summed E-state index contributed by atoms with van der Waals surface area (Å²) in [4.78, 5) is 34.5. The number of amides is 2. The Labute approximate surface area is 212 Å². The first-order valence-electron chi connectivity index (χ1n) is 10.7. The second kappa shape index (κ2) is 10.7. The third-order valence-electron chi connectivity index (χ3n) is 5.12. The van der Waals surface area contributed by atoms with Crippen molar-refractivity contribution in [1.29, 1.82) is 0 Å². The van der Waals surface area contributed by atoms with E-state index >= 15 is 0 Å². The van der Waals surface area contributed by atoms with Gasteiger partial charge in [0.25, 0.3) is 0 Å². The zero-order valence-corrected chi connectivity index (χ0v) is 21.0. The van der Waals surface area contributed by atoms with Crippen molar-refractivity contribution < 1.29 is 22.7 Å². The fourth-order valence-corrected chi connectivity index (χ4v) is 5.84. The van der Waals surface area contributed by atoms with Crippen LogP contribution in [0, 0.1) is 6.92 Å². The Hall–Kier alpha value is -4.09. The van der Waals surface area contributed by atoms with E-state index < -0.39 is 15.9 Å². The number of rotatable bonds is 8. The number of carbonyl (C=O) groups excluding carboxylic acids is 2. The number of aryl methyl sites for hydroxylation is 1. The average Bonchev–Trinajstić information content (AvgIpc) is 3.30. The molecule has 4 aromatic rings. The van der Waals surface area contributed by atoms with Gasteiger partial charge in [-0.05, 0) is 43.3 Å². The van der Waals surface area contributed by atoms with Crippen LogP contribution < -0.4 is 15.4 Å². The Morgan fingerprint density at radius 2 is 1.81 bits per heavy atom. The van der Waals surface area contributed by atoms with Gasteiger partial charge in [-0.25, -0.2) is 18.2 Å². The molecule has 9 nitrogen and oxygen atoms in total. The topological polar surface area (TPSA) is 127 Å². The molecule has 11 heteroatoms. The van der Waals surface area contributed by atoms with E-state index in [1.54, 1.807) is 48.5 Å². The summed E-state index contributed by atoms with van der Waals surface area (Å²) in [6.07, 6.45) is 4.18. The highest BCUT2D eigenvalue weighted by molar-refractivity contribution is 7.90.